The molecule has 2 aromatic heterocycles. The van der Waals surface area contributed by atoms with Gasteiger partial charge >= 0.3 is 15.1 Å². The van der Waals surface area contributed by atoms with E-state index in [0.717, 1.165) is 4.68 Å². The fourth-order valence-electron chi connectivity index (χ4n) is 1.18. The number of aromatic nitrogens is 4. The Morgan fingerprint density at radius 1 is 1.41 bits per heavy atom. The van der Waals surface area contributed by atoms with Crippen molar-refractivity contribution in [3.8, 4) is 11.4 Å². The molecule has 2 atom stereocenters. The van der Waals surface area contributed by atoms with Gasteiger partial charge in [-0.2, -0.15) is 0 Å². The average Bonchev–Trinajstić information content (AvgIpc) is 2.40. The van der Waals surface area contributed by atoms with Crippen LogP contribution in [0.5, 0.6) is 0 Å². The van der Waals surface area contributed by atoms with Crippen molar-refractivity contribution in [3.05, 3.63) is 36.9 Å². The fraction of sp³-hybridized carbons (Fsp3) is 0.111. The van der Waals surface area contributed by atoms with Gasteiger partial charge in [-0.25, -0.2) is 9.97 Å². The van der Waals surface area contributed by atoms with E-state index in [9.17, 15) is 9.67 Å². The molecule has 0 spiro atoms. The van der Waals surface area contributed by atoms with E-state index in [1.807, 2.05) is 0 Å². The van der Waals surface area contributed by atoms with Gasteiger partial charge in [-0.3, -0.25) is 0 Å². The summed E-state index contributed by atoms with van der Waals surface area (Å²) >= 11 is 0. The lowest BCUT2D eigenvalue weighted by molar-refractivity contribution is -0.839. The van der Waals surface area contributed by atoms with Gasteiger partial charge < -0.3 is 5.11 Å². The highest BCUT2D eigenvalue weighted by Gasteiger charge is 2.21. The SMILES string of the molecule is O=[PH+]OC(O)[n+]1ccc(-c2ncccn2)cn1. The normalized spacial score (nSPS) is 12.5. The quantitative estimate of drug-likeness (QED) is 0.476. The first-order chi connectivity index (χ1) is 8.31. The van der Waals surface area contributed by atoms with Gasteiger partial charge in [0.2, 0.25) is 6.20 Å². The van der Waals surface area contributed by atoms with E-state index >= 15 is 0 Å². The van der Waals surface area contributed by atoms with E-state index in [1.165, 1.54) is 12.4 Å². The first-order valence-corrected chi connectivity index (χ1v) is 5.48. The lowest BCUT2D eigenvalue weighted by atomic mass is 10.3. The van der Waals surface area contributed by atoms with Crippen LogP contribution in [0.15, 0.2) is 36.9 Å². The molecule has 7 nitrogen and oxygen atoms in total. The van der Waals surface area contributed by atoms with Crippen molar-refractivity contribution in [2.75, 3.05) is 0 Å². The molecule has 0 amide bonds. The zero-order valence-electron chi connectivity index (χ0n) is 8.59. The molecule has 0 radical (unpaired) electrons. The summed E-state index contributed by atoms with van der Waals surface area (Å²) in [6, 6.07) is 3.38. The van der Waals surface area contributed by atoms with Gasteiger partial charge in [-0.15, -0.1) is 0 Å². The topological polar surface area (TPSA) is 89.1 Å². The zero-order valence-corrected chi connectivity index (χ0v) is 9.59. The predicted octanol–water partition coefficient (Wildman–Crippen LogP) is 0.230. The Labute approximate surface area is 98.0 Å². The molecule has 0 fully saturated rings. The molecule has 86 valence electrons. The maximum atomic E-state index is 10.2. The predicted molar refractivity (Wildman–Crippen MR) is 56.8 cm³/mol. The molecule has 0 saturated carbocycles. The second-order valence-corrected chi connectivity index (χ2v) is 3.40. The van der Waals surface area contributed by atoms with E-state index in [1.54, 1.807) is 24.5 Å². The standard InChI is InChI=1S/C9H9N4O3P/c14-9(16-17-15)13-5-2-7(6-12-13)8-10-3-1-4-11-8/h1-6,9,14,17H/q+2. The van der Waals surface area contributed by atoms with E-state index in [0.29, 0.717) is 11.4 Å². The number of hydrogen-bond acceptors (Lipinski definition) is 6. The van der Waals surface area contributed by atoms with Crippen LogP contribution in [0, 0.1) is 0 Å². The minimum atomic E-state index is -1.36. The number of hydrogen-bond donors (Lipinski definition) is 1. The molecular weight excluding hydrogens is 243 g/mol. The lowest BCUT2D eigenvalue weighted by Gasteiger charge is -1.97. The maximum Gasteiger partial charge on any atom is 0.503 e. The van der Waals surface area contributed by atoms with Crippen LogP contribution in [0.4, 0.5) is 0 Å². The molecule has 2 heterocycles. The molecule has 1 N–H and O–H groups in total. The highest BCUT2D eigenvalue weighted by Crippen LogP contribution is 2.10. The first-order valence-electron chi connectivity index (χ1n) is 4.67. The highest BCUT2D eigenvalue weighted by atomic mass is 31.1. The summed E-state index contributed by atoms with van der Waals surface area (Å²) in [5, 5.41) is 13.2. The van der Waals surface area contributed by atoms with Crippen LogP contribution in [-0.2, 0) is 9.09 Å². The summed E-state index contributed by atoms with van der Waals surface area (Å²) in [6.45, 7) is 0. The molecule has 2 aromatic rings. The number of aliphatic hydroxyl groups excluding tert-OH is 1. The third-order valence-corrected chi connectivity index (χ3v) is 2.25. The van der Waals surface area contributed by atoms with E-state index in [4.69, 9.17) is 0 Å². The van der Waals surface area contributed by atoms with Gasteiger partial charge in [0.1, 0.15) is 6.20 Å². The molecule has 2 rings (SSSR count). The van der Waals surface area contributed by atoms with Crippen molar-refractivity contribution in [2.24, 2.45) is 0 Å². The molecule has 0 aliphatic rings. The minimum Gasteiger partial charge on any atom is -0.308 e. The Hall–Kier alpha value is -1.82. The Kier molecular flexibility index (Phi) is 3.77. The van der Waals surface area contributed by atoms with Crippen LogP contribution >= 0.6 is 8.69 Å². The van der Waals surface area contributed by atoms with Gasteiger partial charge in [0.05, 0.1) is 0 Å². The van der Waals surface area contributed by atoms with Crippen LogP contribution in [0.25, 0.3) is 11.4 Å². The molecule has 2 unspecified atom stereocenters. The molecule has 0 saturated heterocycles. The number of rotatable bonds is 4. The van der Waals surface area contributed by atoms with Gasteiger partial charge in [-0.05, 0) is 24.9 Å². The van der Waals surface area contributed by atoms with Crippen molar-refractivity contribution in [1.29, 1.82) is 0 Å². The van der Waals surface area contributed by atoms with Crippen LogP contribution in [0.1, 0.15) is 6.41 Å². The first kappa shape index (κ1) is 11.7. The molecule has 8 heteroatoms. The van der Waals surface area contributed by atoms with Crippen molar-refractivity contribution in [3.63, 3.8) is 0 Å². The van der Waals surface area contributed by atoms with Crippen molar-refractivity contribution in [1.82, 2.24) is 15.1 Å². The smallest absolute Gasteiger partial charge is 0.308 e. The van der Waals surface area contributed by atoms with Gasteiger partial charge in [-0.1, -0.05) is 0 Å². The van der Waals surface area contributed by atoms with Crippen LogP contribution < -0.4 is 4.68 Å². The van der Waals surface area contributed by atoms with Crippen molar-refractivity contribution in [2.45, 2.75) is 6.41 Å². The van der Waals surface area contributed by atoms with Gasteiger partial charge in [0.15, 0.2) is 5.82 Å². The van der Waals surface area contributed by atoms with E-state index in [-0.39, 0.29) is 0 Å². The lowest BCUT2D eigenvalue weighted by Crippen LogP contribution is -2.42. The maximum absolute atomic E-state index is 10.2. The second-order valence-electron chi connectivity index (χ2n) is 3.00. The van der Waals surface area contributed by atoms with Crippen LogP contribution in [0.2, 0.25) is 0 Å². The zero-order chi connectivity index (χ0) is 12.1. The van der Waals surface area contributed by atoms with Crippen molar-refractivity contribution >= 4 is 8.69 Å². The molecule has 0 bridgehead atoms. The molecule has 0 aromatic carbocycles. The third-order valence-electron chi connectivity index (χ3n) is 1.94. The summed E-state index contributed by atoms with van der Waals surface area (Å²) < 4.78 is 15.8. The van der Waals surface area contributed by atoms with E-state index in [2.05, 4.69) is 19.6 Å². The Bertz CT molecular complexity index is 493. The largest absolute Gasteiger partial charge is 0.503 e. The third kappa shape index (κ3) is 2.85. The minimum absolute atomic E-state index is 0.535. The summed E-state index contributed by atoms with van der Waals surface area (Å²) in [5.41, 5.74) is 0.707. The monoisotopic (exact) mass is 252 g/mol. The number of aliphatic hydroxyl groups is 1. The average molecular weight is 252 g/mol. The summed E-state index contributed by atoms with van der Waals surface area (Å²) in [4.78, 5) is 8.11. The summed E-state index contributed by atoms with van der Waals surface area (Å²) in [5.74, 6) is 0.535. The summed E-state index contributed by atoms with van der Waals surface area (Å²) in [6.07, 6.45) is 4.85. The van der Waals surface area contributed by atoms with Crippen LogP contribution in [0.3, 0.4) is 0 Å². The molecule has 0 aliphatic carbocycles. The second kappa shape index (κ2) is 5.49. The number of nitrogens with zero attached hydrogens (tertiary/aromatic N) is 4. The van der Waals surface area contributed by atoms with Gasteiger partial charge in [0, 0.05) is 24.0 Å². The summed E-state index contributed by atoms with van der Waals surface area (Å²) in [7, 11) is -1.05. The molecular formula is C9H9N4O3P+2. The molecule has 17 heavy (non-hydrogen) atoms. The fourth-order valence-corrected chi connectivity index (χ4v) is 1.37. The van der Waals surface area contributed by atoms with Crippen LogP contribution in [-0.4, -0.2) is 20.2 Å². The van der Waals surface area contributed by atoms with E-state index < -0.39 is 15.1 Å². The Morgan fingerprint density at radius 3 is 2.76 bits per heavy atom. The van der Waals surface area contributed by atoms with Gasteiger partial charge in [0.25, 0.3) is 0 Å². The van der Waals surface area contributed by atoms with Crippen molar-refractivity contribution < 1.29 is 18.9 Å². The molecule has 0 aliphatic heterocycles. The Morgan fingerprint density at radius 2 is 2.18 bits per heavy atom. The highest BCUT2D eigenvalue weighted by molar-refractivity contribution is 7.17. The Balaban J connectivity index is 2.21.